The molecule has 1 aromatic carbocycles. The molecule has 0 bridgehead atoms. The highest BCUT2D eigenvalue weighted by Gasteiger charge is 2.19. The van der Waals surface area contributed by atoms with Crippen molar-refractivity contribution in [2.75, 3.05) is 13.2 Å². The van der Waals surface area contributed by atoms with Crippen molar-refractivity contribution in [3.05, 3.63) is 41.0 Å². The van der Waals surface area contributed by atoms with E-state index in [1.165, 1.54) is 22.2 Å². The number of fused-ring (bicyclic) bond motifs is 2. The molecule has 0 amide bonds. The fraction of sp³-hybridized carbons (Fsp3) is 0.333. The fourth-order valence-corrected chi connectivity index (χ4v) is 3.53. The number of rotatable bonds is 1. The summed E-state index contributed by atoms with van der Waals surface area (Å²) in [5.74, 6) is 1.61. The molecule has 0 saturated carbocycles. The van der Waals surface area contributed by atoms with Crippen LogP contribution in [0, 0.1) is 27.7 Å². The third kappa shape index (κ3) is 2.00. The largest absolute Gasteiger partial charge is 0.486 e. The van der Waals surface area contributed by atoms with Gasteiger partial charge in [-0.3, -0.25) is 0 Å². The van der Waals surface area contributed by atoms with Gasteiger partial charge in [-0.15, -0.1) is 0 Å². The summed E-state index contributed by atoms with van der Waals surface area (Å²) in [5, 5.41) is 10.9. The van der Waals surface area contributed by atoms with Crippen LogP contribution in [0.2, 0.25) is 0 Å². The van der Waals surface area contributed by atoms with Crippen molar-refractivity contribution < 1.29 is 9.47 Å². The molecule has 0 saturated heterocycles. The zero-order chi connectivity index (χ0) is 16.1. The van der Waals surface area contributed by atoms with Crippen LogP contribution >= 0.6 is 0 Å². The highest BCUT2D eigenvalue weighted by Crippen LogP contribution is 2.36. The van der Waals surface area contributed by atoms with Crippen LogP contribution in [0.25, 0.3) is 16.5 Å². The molecular weight excluding hydrogens is 290 g/mol. The molecule has 2 aromatic heterocycles. The van der Waals surface area contributed by atoms with Crippen LogP contribution in [0.1, 0.15) is 22.8 Å². The molecule has 0 aliphatic carbocycles. The van der Waals surface area contributed by atoms with Crippen molar-refractivity contribution in [1.29, 1.82) is 0 Å². The SMILES string of the molecule is Cc1nnc(C)c2c(C)n(-c3ccc4c(c3)OCCO4)c(C)c12. The summed E-state index contributed by atoms with van der Waals surface area (Å²) in [5.41, 5.74) is 5.33. The molecule has 0 atom stereocenters. The van der Waals surface area contributed by atoms with E-state index in [2.05, 4.69) is 34.7 Å². The summed E-state index contributed by atoms with van der Waals surface area (Å²) in [4.78, 5) is 0. The summed E-state index contributed by atoms with van der Waals surface area (Å²) in [6.07, 6.45) is 0. The first kappa shape index (κ1) is 14.1. The number of benzene rings is 1. The van der Waals surface area contributed by atoms with Crippen LogP contribution in [0.3, 0.4) is 0 Å². The summed E-state index contributed by atoms with van der Waals surface area (Å²) < 4.78 is 13.6. The second-order valence-corrected chi connectivity index (χ2v) is 5.96. The van der Waals surface area contributed by atoms with Gasteiger partial charge in [0.15, 0.2) is 11.5 Å². The molecule has 0 fully saturated rings. The van der Waals surface area contributed by atoms with Crippen molar-refractivity contribution in [3.63, 3.8) is 0 Å². The molecule has 1 aliphatic heterocycles. The van der Waals surface area contributed by atoms with Gasteiger partial charge in [0, 0.05) is 33.9 Å². The molecule has 3 aromatic rings. The average Bonchev–Trinajstić information content (AvgIpc) is 2.83. The Balaban J connectivity index is 1.99. The third-order valence-electron chi connectivity index (χ3n) is 4.50. The molecule has 0 N–H and O–H groups in total. The van der Waals surface area contributed by atoms with Gasteiger partial charge in [-0.25, -0.2) is 0 Å². The van der Waals surface area contributed by atoms with Crippen molar-refractivity contribution in [3.8, 4) is 17.2 Å². The molecule has 4 rings (SSSR count). The molecule has 23 heavy (non-hydrogen) atoms. The van der Waals surface area contributed by atoms with Gasteiger partial charge in [0.2, 0.25) is 0 Å². The lowest BCUT2D eigenvalue weighted by molar-refractivity contribution is 0.171. The zero-order valence-corrected chi connectivity index (χ0v) is 13.8. The Kier molecular flexibility index (Phi) is 3.04. The molecule has 5 heteroatoms. The van der Waals surface area contributed by atoms with Gasteiger partial charge in [0.05, 0.1) is 11.4 Å². The first-order valence-corrected chi connectivity index (χ1v) is 7.79. The number of nitrogens with zero attached hydrogens (tertiary/aromatic N) is 3. The number of ether oxygens (including phenoxy) is 2. The van der Waals surface area contributed by atoms with Crippen LogP contribution in [0.4, 0.5) is 0 Å². The van der Waals surface area contributed by atoms with Gasteiger partial charge in [-0.2, -0.15) is 10.2 Å². The molecule has 5 nitrogen and oxygen atoms in total. The molecule has 3 heterocycles. The van der Waals surface area contributed by atoms with E-state index in [0.29, 0.717) is 13.2 Å². The first-order valence-electron chi connectivity index (χ1n) is 7.79. The summed E-state index contributed by atoms with van der Waals surface area (Å²) in [6.45, 7) is 9.47. The van der Waals surface area contributed by atoms with Crippen LogP contribution in [-0.2, 0) is 0 Å². The van der Waals surface area contributed by atoms with Crippen LogP contribution in [-0.4, -0.2) is 28.0 Å². The van der Waals surface area contributed by atoms with Crippen LogP contribution in [0.5, 0.6) is 11.5 Å². The van der Waals surface area contributed by atoms with Crippen LogP contribution < -0.4 is 9.47 Å². The number of aryl methyl sites for hydroxylation is 4. The third-order valence-corrected chi connectivity index (χ3v) is 4.50. The van der Waals surface area contributed by atoms with E-state index >= 15 is 0 Å². The molecular formula is C18H19N3O2. The van der Waals surface area contributed by atoms with E-state index in [1.807, 2.05) is 26.0 Å². The maximum atomic E-state index is 5.72. The minimum atomic E-state index is 0.591. The Morgan fingerprint density at radius 3 is 2.00 bits per heavy atom. The maximum Gasteiger partial charge on any atom is 0.163 e. The lowest BCUT2D eigenvalue weighted by atomic mass is 10.1. The van der Waals surface area contributed by atoms with Gasteiger partial charge in [-0.05, 0) is 39.8 Å². The normalized spacial score (nSPS) is 13.6. The van der Waals surface area contributed by atoms with E-state index in [0.717, 1.165) is 28.6 Å². The zero-order valence-electron chi connectivity index (χ0n) is 13.8. The highest BCUT2D eigenvalue weighted by atomic mass is 16.6. The van der Waals surface area contributed by atoms with Gasteiger partial charge in [0.1, 0.15) is 13.2 Å². The molecule has 1 aliphatic rings. The lowest BCUT2D eigenvalue weighted by Crippen LogP contribution is -2.15. The second kappa shape index (κ2) is 4.98. The highest BCUT2D eigenvalue weighted by molar-refractivity contribution is 5.92. The second-order valence-electron chi connectivity index (χ2n) is 5.96. The topological polar surface area (TPSA) is 49.2 Å². The Labute approximate surface area is 134 Å². The van der Waals surface area contributed by atoms with E-state index < -0.39 is 0 Å². The summed E-state index contributed by atoms with van der Waals surface area (Å²) in [6, 6.07) is 6.08. The summed E-state index contributed by atoms with van der Waals surface area (Å²) >= 11 is 0. The molecule has 0 spiro atoms. The standard InChI is InChI=1S/C18H19N3O2/c1-10-17-12(3)21(13(4)18(17)11(2)20-19-10)14-5-6-15-16(9-14)23-8-7-22-15/h5-6,9H,7-8H2,1-4H3. The fourth-order valence-electron chi connectivity index (χ4n) is 3.53. The lowest BCUT2D eigenvalue weighted by Gasteiger charge is -2.20. The van der Waals surface area contributed by atoms with Crippen molar-refractivity contribution in [2.45, 2.75) is 27.7 Å². The molecule has 118 valence electrons. The van der Waals surface area contributed by atoms with Crippen molar-refractivity contribution in [2.24, 2.45) is 0 Å². The minimum absolute atomic E-state index is 0.591. The van der Waals surface area contributed by atoms with Crippen molar-refractivity contribution in [1.82, 2.24) is 14.8 Å². The average molecular weight is 309 g/mol. The minimum Gasteiger partial charge on any atom is -0.486 e. The molecule has 0 radical (unpaired) electrons. The number of hydrogen-bond acceptors (Lipinski definition) is 4. The van der Waals surface area contributed by atoms with E-state index in [-0.39, 0.29) is 0 Å². The summed E-state index contributed by atoms with van der Waals surface area (Å²) in [7, 11) is 0. The monoisotopic (exact) mass is 309 g/mol. The number of aromatic nitrogens is 3. The van der Waals surface area contributed by atoms with Gasteiger partial charge in [0.25, 0.3) is 0 Å². The Morgan fingerprint density at radius 2 is 1.39 bits per heavy atom. The predicted molar refractivity (Wildman–Crippen MR) is 88.8 cm³/mol. The smallest absolute Gasteiger partial charge is 0.163 e. The first-order chi connectivity index (χ1) is 11.1. The van der Waals surface area contributed by atoms with Gasteiger partial charge >= 0.3 is 0 Å². The van der Waals surface area contributed by atoms with Gasteiger partial charge < -0.3 is 14.0 Å². The maximum absolute atomic E-state index is 5.72. The van der Waals surface area contributed by atoms with Gasteiger partial charge in [-0.1, -0.05) is 0 Å². The quantitative estimate of drug-likeness (QED) is 0.691. The molecule has 0 unspecified atom stereocenters. The Bertz CT molecular complexity index is 883. The Hall–Kier alpha value is -2.56. The predicted octanol–water partition coefficient (Wildman–Crippen LogP) is 3.43. The van der Waals surface area contributed by atoms with Crippen molar-refractivity contribution >= 4 is 10.8 Å². The van der Waals surface area contributed by atoms with E-state index in [4.69, 9.17) is 9.47 Å². The van der Waals surface area contributed by atoms with E-state index in [1.54, 1.807) is 0 Å². The van der Waals surface area contributed by atoms with Crippen LogP contribution in [0.15, 0.2) is 18.2 Å². The number of hydrogen-bond donors (Lipinski definition) is 0. The van der Waals surface area contributed by atoms with E-state index in [9.17, 15) is 0 Å². The Morgan fingerprint density at radius 1 is 0.826 bits per heavy atom.